The first-order chi connectivity index (χ1) is 9.63. The minimum atomic E-state index is -2.37. The van der Waals surface area contributed by atoms with Crippen molar-refractivity contribution in [3.63, 3.8) is 0 Å². The number of furan rings is 1. The predicted octanol–water partition coefficient (Wildman–Crippen LogP) is 3.11. The zero-order valence-electron chi connectivity index (χ0n) is 11.1. The van der Waals surface area contributed by atoms with E-state index in [9.17, 15) is 8.78 Å². The van der Waals surface area contributed by atoms with Crippen molar-refractivity contribution in [2.24, 2.45) is 0 Å². The van der Waals surface area contributed by atoms with Crippen LogP contribution < -0.4 is 5.32 Å². The third kappa shape index (κ3) is 4.97. The molecule has 0 saturated heterocycles. The average Bonchev–Trinajstić information content (AvgIpc) is 3.05. The summed E-state index contributed by atoms with van der Waals surface area (Å²) < 4.78 is 31.5. The molecule has 0 aliphatic heterocycles. The van der Waals surface area contributed by atoms with Crippen molar-refractivity contribution in [1.29, 1.82) is 0 Å². The Morgan fingerprint density at radius 1 is 1.40 bits per heavy atom. The van der Waals surface area contributed by atoms with Gasteiger partial charge in [0.1, 0.15) is 11.5 Å². The molecule has 0 radical (unpaired) electrons. The molecule has 2 aromatic rings. The van der Waals surface area contributed by atoms with Crippen LogP contribution in [0.2, 0.25) is 0 Å². The molecule has 110 valence electrons. The van der Waals surface area contributed by atoms with Crippen LogP contribution >= 0.6 is 11.8 Å². The van der Waals surface area contributed by atoms with Gasteiger partial charge in [-0.05, 0) is 25.1 Å². The van der Waals surface area contributed by atoms with Gasteiger partial charge in [-0.1, -0.05) is 11.8 Å². The van der Waals surface area contributed by atoms with E-state index in [1.54, 1.807) is 12.3 Å². The molecule has 20 heavy (non-hydrogen) atoms. The van der Waals surface area contributed by atoms with Gasteiger partial charge in [0.05, 0.1) is 18.8 Å². The van der Waals surface area contributed by atoms with Crippen molar-refractivity contribution in [3.8, 4) is 0 Å². The maximum Gasteiger partial charge on any atom is 0.284 e. The van der Waals surface area contributed by atoms with Gasteiger partial charge in [-0.3, -0.25) is 4.68 Å². The summed E-state index contributed by atoms with van der Waals surface area (Å²) >= 11 is 0.566. The highest BCUT2D eigenvalue weighted by molar-refractivity contribution is 7.98. The number of nitrogens with one attached hydrogen (secondary N) is 1. The van der Waals surface area contributed by atoms with Crippen molar-refractivity contribution in [1.82, 2.24) is 15.1 Å². The summed E-state index contributed by atoms with van der Waals surface area (Å²) in [6.07, 6.45) is 3.65. The lowest BCUT2D eigenvalue weighted by Crippen LogP contribution is -2.29. The molecule has 4 nitrogen and oxygen atoms in total. The number of rotatable bonds is 8. The van der Waals surface area contributed by atoms with Gasteiger partial charge in [-0.25, -0.2) is 0 Å². The van der Waals surface area contributed by atoms with Crippen molar-refractivity contribution in [2.75, 3.05) is 0 Å². The molecule has 0 bridgehead atoms. The first kappa shape index (κ1) is 15.1. The number of thioether (sulfide) groups is 1. The maximum atomic E-state index is 12.1. The average molecular weight is 301 g/mol. The summed E-state index contributed by atoms with van der Waals surface area (Å²) in [5, 5.41) is 7.44. The van der Waals surface area contributed by atoms with Gasteiger partial charge >= 0.3 is 0 Å². The molecule has 0 aliphatic rings. The number of halogens is 2. The molecule has 0 fully saturated rings. The van der Waals surface area contributed by atoms with Crippen LogP contribution in [0.5, 0.6) is 0 Å². The highest BCUT2D eigenvalue weighted by Gasteiger charge is 2.08. The highest BCUT2D eigenvalue weighted by Crippen LogP contribution is 2.21. The molecule has 1 atom stereocenters. The van der Waals surface area contributed by atoms with Gasteiger partial charge in [0, 0.05) is 18.4 Å². The molecule has 2 heterocycles. The molecule has 2 aromatic heterocycles. The van der Waals surface area contributed by atoms with Gasteiger partial charge in [0.15, 0.2) is 0 Å². The zero-order valence-corrected chi connectivity index (χ0v) is 11.9. The zero-order chi connectivity index (χ0) is 14.4. The van der Waals surface area contributed by atoms with Crippen LogP contribution in [0.4, 0.5) is 8.78 Å². The van der Waals surface area contributed by atoms with Crippen molar-refractivity contribution >= 4 is 11.8 Å². The topological polar surface area (TPSA) is 43.0 Å². The van der Waals surface area contributed by atoms with Gasteiger partial charge in [0.2, 0.25) is 0 Å². The van der Waals surface area contributed by atoms with Crippen LogP contribution in [0.25, 0.3) is 0 Å². The summed E-state index contributed by atoms with van der Waals surface area (Å²) in [5.41, 5.74) is 0. The molecule has 0 aromatic carbocycles. The lowest BCUT2D eigenvalue weighted by molar-refractivity contribution is 0.251. The van der Waals surface area contributed by atoms with E-state index in [2.05, 4.69) is 17.3 Å². The molecule has 7 heteroatoms. The number of nitrogens with zero attached hydrogens (tertiary/aromatic N) is 2. The van der Waals surface area contributed by atoms with Crippen LogP contribution in [0, 0.1) is 0 Å². The molecule has 0 amide bonds. The third-order valence-electron chi connectivity index (χ3n) is 2.71. The Morgan fingerprint density at radius 3 is 2.90 bits per heavy atom. The van der Waals surface area contributed by atoms with E-state index in [-0.39, 0.29) is 11.8 Å². The Morgan fingerprint density at radius 2 is 2.20 bits per heavy atom. The van der Waals surface area contributed by atoms with Crippen molar-refractivity contribution in [3.05, 3.63) is 42.1 Å². The quantitative estimate of drug-likeness (QED) is 0.813. The number of aromatic nitrogens is 2. The summed E-state index contributed by atoms with van der Waals surface area (Å²) in [4.78, 5) is 0. The van der Waals surface area contributed by atoms with E-state index in [0.29, 0.717) is 24.1 Å². The Kier molecular flexibility index (Phi) is 5.60. The summed E-state index contributed by atoms with van der Waals surface area (Å²) in [7, 11) is 0. The number of alkyl halides is 2. The number of hydrogen-bond acceptors (Lipinski definition) is 4. The van der Waals surface area contributed by atoms with Crippen LogP contribution in [0.3, 0.4) is 0 Å². The second-order valence-electron chi connectivity index (χ2n) is 4.45. The van der Waals surface area contributed by atoms with Crippen LogP contribution in [0.15, 0.2) is 35.0 Å². The van der Waals surface area contributed by atoms with E-state index >= 15 is 0 Å². The molecule has 1 N–H and O–H groups in total. The van der Waals surface area contributed by atoms with Gasteiger partial charge in [0.25, 0.3) is 5.76 Å². The first-order valence-corrected chi connectivity index (χ1v) is 7.36. The Balaban J connectivity index is 1.73. The SMILES string of the molecule is CC(Cn1cccn1)NCc1ccc(CSC(F)F)o1. The molecule has 2 rings (SSSR count). The fourth-order valence-electron chi connectivity index (χ4n) is 1.77. The minimum absolute atomic E-state index is 0.195. The van der Waals surface area contributed by atoms with Crippen molar-refractivity contribution in [2.45, 2.75) is 37.6 Å². The molecule has 0 saturated carbocycles. The molecule has 0 spiro atoms. The lowest BCUT2D eigenvalue weighted by atomic mass is 10.3. The van der Waals surface area contributed by atoms with E-state index in [1.807, 2.05) is 23.0 Å². The summed E-state index contributed by atoms with van der Waals surface area (Å²) in [5.74, 6) is -0.842. The van der Waals surface area contributed by atoms with Crippen molar-refractivity contribution < 1.29 is 13.2 Å². The first-order valence-electron chi connectivity index (χ1n) is 6.31. The molecule has 0 aliphatic carbocycles. The smallest absolute Gasteiger partial charge is 0.284 e. The maximum absolute atomic E-state index is 12.1. The highest BCUT2D eigenvalue weighted by atomic mass is 32.2. The minimum Gasteiger partial charge on any atom is -0.464 e. The normalized spacial score (nSPS) is 13.0. The van der Waals surface area contributed by atoms with E-state index < -0.39 is 5.76 Å². The Labute approximate surface area is 120 Å². The second-order valence-corrected chi connectivity index (χ2v) is 5.43. The summed E-state index contributed by atoms with van der Waals surface area (Å²) in [6.45, 7) is 3.39. The van der Waals surface area contributed by atoms with Crippen LogP contribution in [-0.2, 0) is 18.8 Å². The lowest BCUT2D eigenvalue weighted by Gasteiger charge is -2.12. The predicted molar refractivity (Wildman–Crippen MR) is 74.5 cm³/mol. The largest absolute Gasteiger partial charge is 0.464 e. The van der Waals surface area contributed by atoms with Crippen LogP contribution in [-0.4, -0.2) is 21.6 Å². The molecule has 1 unspecified atom stereocenters. The molecular formula is C13H17F2N3OS. The fraction of sp³-hybridized carbons (Fsp3) is 0.462. The van der Waals surface area contributed by atoms with E-state index in [0.717, 1.165) is 12.3 Å². The van der Waals surface area contributed by atoms with E-state index in [1.165, 1.54) is 0 Å². The van der Waals surface area contributed by atoms with E-state index in [4.69, 9.17) is 4.42 Å². The van der Waals surface area contributed by atoms with Gasteiger partial charge in [-0.15, -0.1) is 0 Å². The fourth-order valence-corrected chi connectivity index (χ4v) is 2.21. The second kappa shape index (κ2) is 7.44. The molecular weight excluding hydrogens is 284 g/mol. The summed E-state index contributed by atoms with van der Waals surface area (Å²) in [6, 6.07) is 5.67. The Hall–Kier alpha value is -1.34. The number of hydrogen-bond donors (Lipinski definition) is 1. The standard InChI is InChI=1S/C13H17F2N3OS/c1-10(8-18-6-2-5-17-18)16-7-11-3-4-12(19-11)9-20-13(14)15/h2-6,10,13,16H,7-9H2,1H3. The monoisotopic (exact) mass is 301 g/mol. The Bertz CT molecular complexity index is 501. The van der Waals surface area contributed by atoms with Crippen LogP contribution in [0.1, 0.15) is 18.4 Å². The van der Waals surface area contributed by atoms with Gasteiger partial charge in [-0.2, -0.15) is 13.9 Å². The third-order valence-corrected chi connectivity index (χ3v) is 3.42. The van der Waals surface area contributed by atoms with Gasteiger partial charge < -0.3 is 9.73 Å².